The topological polar surface area (TPSA) is 82.2 Å². The van der Waals surface area contributed by atoms with Crippen LogP contribution in [0.5, 0.6) is 0 Å². The average molecular weight is 340 g/mol. The zero-order valence-corrected chi connectivity index (χ0v) is 15.0. The van der Waals surface area contributed by atoms with Crippen LogP contribution >= 0.6 is 0 Å². The number of nitrogens with one attached hydrogen (secondary N) is 1. The summed E-state index contributed by atoms with van der Waals surface area (Å²) in [6.07, 6.45) is 2.73. The van der Waals surface area contributed by atoms with E-state index in [1.807, 2.05) is 30.1 Å². The van der Waals surface area contributed by atoms with Gasteiger partial charge in [-0.25, -0.2) is 0 Å². The molecule has 0 saturated carbocycles. The maximum Gasteiger partial charge on any atom is 0.242 e. The summed E-state index contributed by atoms with van der Waals surface area (Å²) in [5.74, 6) is 0.992. The van der Waals surface area contributed by atoms with Crippen LogP contribution in [-0.2, 0) is 11.3 Å². The highest BCUT2D eigenvalue weighted by Gasteiger charge is 2.23. The van der Waals surface area contributed by atoms with E-state index in [1.165, 1.54) is 0 Å². The van der Waals surface area contributed by atoms with Crippen LogP contribution in [0.3, 0.4) is 0 Å². The van der Waals surface area contributed by atoms with Gasteiger partial charge < -0.3 is 9.84 Å². The number of likely N-dealkylation sites (N-methyl/N-ethyl adjacent to an activating group) is 1. The lowest BCUT2D eigenvalue weighted by Gasteiger charge is -2.27. The van der Waals surface area contributed by atoms with Gasteiger partial charge >= 0.3 is 0 Å². The van der Waals surface area contributed by atoms with Crippen molar-refractivity contribution in [2.45, 2.75) is 45.7 Å². The first-order valence-corrected chi connectivity index (χ1v) is 8.47. The van der Waals surface area contributed by atoms with Gasteiger partial charge in [-0.2, -0.15) is 5.26 Å². The highest BCUT2D eigenvalue weighted by molar-refractivity contribution is 5.93. The van der Waals surface area contributed by atoms with Crippen molar-refractivity contribution in [3.05, 3.63) is 47.2 Å². The molecule has 0 aliphatic rings. The number of carbonyl (C=O) groups is 1. The Hall–Kier alpha value is -2.65. The van der Waals surface area contributed by atoms with E-state index in [-0.39, 0.29) is 11.9 Å². The Bertz CT molecular complexity index is 748. The molecule has 1 unspecified atom stereocenters. The first-order chi connectivity index (χ1) is 12.0. The van der Waals surface area contributed by atoms with Crippen LogP contribution in [0.2, 0.25) is 0 Å². The first-order valence-electron chi connectivity index (χ1n) is 8.47. The van der Waals surface area contributed by atoms with Crippen LogP contribution in [0, 0.1) is 18.3 Å². The summed E-state index contributed by atoms with van der Waals surface area (Å²) in [5.41, 5.74) is 1.63. The molecule has 1 amide bonds. The lowest BCUT2D eigenvalue weighted by Crippen LogP contribution is -2.41. The molecule has 2 aromatic rings. The maximum atomic E-state index is 12.7. The van der Waals surface area contributed by atoms with Crippen molar-refractivity contribution in [2.75, 3.05) is 12.4 Å². The Morgan fingerprint density at radius 2 is 2.24 bits per heavy atom. The molecule has 1 aromatic heterocycles. The number of nitrogens with zero attached hydrogens (tertiary/aromatic N) is 3. The zero-order valence-electron chi connectivity index (χ0n) is 15.0. The molecular weight excluding hydrogens is 316 g/mol. The summed E-state index contributed by atoms with van der Waals surface area (Å²) in [5, 5.41) is 15.7. The molecule has 0 fully saturated rings. The normalized spacial score (nSPS) is 12.0. The molecule has 1 aromatic carbocycles. The largest absolute Gasteiger partial charge is 0.360 e. The number of benzene rings is 1. The molecule has 1 heterocycles. The molecule has 0 spiro atoms. The van der Waals surface area contributed by atoms with E-state index < -0.39 is 0 Å². The number of hydrogen-bond acceptors (Lipinski definition) is 5. The number of amides is 1. The molecule has 6 heteroatoms. The molecular formula is C19H24N4O2. The van der Waals surface area contributed by atoms with Crippen molar-refractivity contribution in [1.82, 2.24) is 10.1 Å². The van der Waals surface area contributed by atoms with E-state index in [0.717, 1.165) is 24.8 Å². The third-order valence-electron chi connectivity index (χ3n) is 4.03. The SMILES string of the molecule is CCCCC(C(=O)Nc1cc(C)on1)N(C)Cc1cccc(C#N)c1. The summed E-state index contributed by atoms with van der Waals surface area (Å²) in [6.45, 7) is 4.48. The van der Waals surface area contributed by atoms with E-state index in [2.05, 4.69) is 23.5 Å². The fourth-order valence-electron chi connectivity index (χ4n) is 2.72. The number of unbranched alkanes of at least 4 members (excludes halogenated alkanes) is 1. The molecule has 6 nitrogen and oxygen atoms in total. The van der Waals surface area contributed by atoms with Crippen molar-refractivity contribution in [3.63, 3.8) is 0 Å². The second kappa shape index (κ2) is 9.00. The maximum absolute atomic E-state index is 12.7. The monoisotopic (exact) mass is 340 g/mol. The highest BCUT2D eigenvalue weighted by Crippen LogP contribution is 2.15. The van der Waals surface area contributed by atoms with Gasteiger partial charge in [0.2, 0.25) is 5.91 Å². The smallest absolute Gasteiger partial charge is 0.242 e. The van der Waals surface area contributed by atoms with Crippen LogP contribution in [-0.4, -0.2) is 29.1 Å². The minimum Gasteiger partial charge on any atom is -0.360 e. The van der Waals surface area contributed by atoms with Gasteiger partial charge in [0.15, 0.2) is 5.82 Å². The standard InChI is InChI=1S/C19H24N4O2/c1-4-5-9-17(19(24)21-18-10-14(2)25-22-18)23(3)13-16-8-6-7-15(11-16)12-20/h6-8,10-11,17H,4-5,9,13H2,1-3H3,(H,21,22,24). The number of hydrogen-bond donors (Lipinski definition) is 1. The number of carbonyl (C=O) groups excluding carboxylic acids is 1. The predicted octanol–water partition coefficient (Wildman–Crippen LogP) is 3.48. The molecule has 0 bridgehead atoms. The quantitative estimate of drug-likeness (QED) is 0.795. The van der Waals surface area contributed by atoms with Crippen LogP contribution in [0.15, 0.2) is 34.9 Å². The minimum absolute atomic E-state index is 0.0966. The molecule has 0 radical (unpaired) electrons. The van der Waals surface area contributed by atoms with Crippen LogP contribution in [0.25, 0.3) is 0 Å². The molecule has 0 aliphatic heterocycles. The van der Waals surface area contributed by atoms with Gasteiger partial charge in [0, 0.05) is 12.6 Å². The average Bonchev–Trinajstić information content (AvgIpc) is 3.00. The van der Waals surface area contributed by atoms with Crippen molar-refractivity contribution >= 4 is 11.7 Å². The fourth-order valence-corrected chi connectivity index (χ4v) is 2.72. The van der Waals surface area contributed by atoms with E-state index in [1.54, 1.807) is 19.1 Å². The minimum atomic E-state index is -0.275. The second-order valence-corrected chi connectivity index (χ2v) is 6.20. The predicted molar refractivity (Wildman–Crippen MR) is 95.8 cm³/mol. The van der Waals surface area contributed by atoms with Gasteiger partial charge in [-0.1, -0.05) is 37.1 Å². The van der Waals surface area contributed by atoms with Crippen LogP contribution in [0.4, 0.5) is 5.82 Å². The fraction of sp³-hybridized carbons (Fsp3) is 0.421. The summed E-state index contributed by atoms with van der Waals surface area (Å²) in [4.78, 5) is 14.7. The second-order valence-electron chi connectivity index (χ2n) is 6.20. The lowest BCUT2D eigenvalue weighted by atomic mass is 10.1. The first kappa shape index (κ1) is 18.7. The van der Waals surface area contributed by atoms with Gasteiger partial charge in [0.25, 0.3) is 0 Å². The van der Waals surface area contributed by atoms with Gasteiger partial charge in [0.1, 0.15) is 5.76 Å². The number of rotatable bonds is 8. The summed E-state index contributed by atoms with van der Waals surface area (Å²) < 4.78 is 5.00. The van der Waals surface area contributed by atoms with Gasteiger partial charge in [0.05, 0.1) is 17.7 Å². The van der Waals surface area contributed by atoms with Crippen LogP contribution < -0.4 is 5.32 Å². The Labute approximate surface area is 148 Å². The highest BCUT2D eigenvalue weighted by atomic mass is 16.5. The zero-order chi connectivity index (χ0) is 18.2. The van der Waals surface area contributed by atoms with Gasteiger partial charge in [-0.05, 0) is 38.1 Å². The molecule has 132 valence electrons. The molecule has 1 N–H and O–H groups in total. The van der Waals surface area contributed by atoms with E-state index in [9.17, 15) is 4.79 Å². The Morgan fingerprint density at radius 3 is 2.88 bits per heavy atom. The van der Waals surface area contributed by atoms with Crippen molar-refractivity contribution in [3.8, 4) is 6.07 Å². The van der Waals surface area contributed by atoms with Crippen molar-refractivity contribution in [2.24, 2.45) is 0 Å². The Kier molecular flexibility index (Phi) is 6.72. The van der Waals surface area contributed by atoms with Gasteiger partial charge in [-0.3, -0.25) is 9.69 Å². The summed E-state index contributed by atoms with van der Waals surface area (Å²) in [7, 11) is 1.92. The number of anilines is 1. The molecule has 0 aliphatic carbocycles. The van der Waals surface area contributed by atoms with Crippen LogP contribution in [0.1, 0.15) is 43.1 Å². The van der Waals surface area contributed by atoms with Crippen molar-refractivity contribution < 1.29 is 9.32 Å². The number of aromatic nitrogens is 1. The molecule has 1 atom stereocenters. The molecule has 25 heavy (non-hydrogen) atoms. The van der Waals surface area contributed by atoms with E-state index in [0.29, 0.717) is 23.7 Å². The molecule has 0 saturated heterocycles. The summed E-state index contributed by atoms with van der Waals surface area (Å²) >= 11 is 0. The summed E-state index contributed by atoms with van der Waals surface area (Å²) in [6, 6.07) is 11.0. The van der Waals surface area contributed by atoms with Gasteiger partial charge in [-0.15, -0.1) is 0 Å². The Morgan fingerprint density at radius 1 is 1.44 bits per heavy atom. The van der Waals surface area contributed by atoms with E-state index in [4.69, 9.17) is 9.78 Å². The third kappa shape index (κ3) is 5.44. The third-order valence-corrected chi connectivity index (χ3v) is 4.03. The van der Waals surface area contributed by atoms with E-state index >= 15 is 0 Å². The number of nitriles is 1. The molecule has 2 rings (SSSR count). The Balaban J connectivity index is 2.08. The van der Waals surface area contributed by atoms with Crippen molar-refractivity contribution in [1.29, 1.82) is 5.26 Å². The number of aryl methyl sites for hydroxylation is 1. The lowest BCUT2D eigenvalue weighted by molar-refractivity contribution is -0.121.